The second-order valence-electron chi connectivity index (χ2n) is 6.20. The SMILES string of the molecule is Cc1ccc(C(=O)Nc2nc3n(n2)[C@H](c2ccccc2)CC(=O)N3)cc1. The number of amides is 2. The van der Waals surface area contributed by atoms with Crippen molar-refractivity contribution in [2.75, 3.05) is 10.6 Å². The Morgan fingerprint density at radius 3 is 2.62 bits per heavy atom. The highest BCUT2D eigenvalue weighted by molar-refractivity contribution is 6.03. The zero-order valence-electron chi connectivity index (χ0n) is 14.1. The Bertz CT molecular complexity index is 963. The molecule has 7 nitrogen and oxygen atoms in total. The van der Waals surface area contributed by atoms with Gasteiger partial charge in [-0.3, -0.25) is 20.2 Å². The van der Waals surface area contributed by atoms with E-state index in [2.05, 4.69) is 20.7 Å². The van der Waals surface area contributed by atoms with Gasteiger partial charge in [-0.15, -0.1) is 5.10 Å². The Hall–Kier alpha value is -3.48. The number of hydrogen-bond donors (Lipinski definition) is 2. The number of anilines is 2. The maximum absolute atomic E-state index is 12.4. The molecule has 1 aromatic heterocycles. The van der Waals surface area contributed by atoms with Gasteiger partial charge in [0, 0.05) is 5.56 Å². The third kappa shape index (κ3) is 3.06. The molecule has 2 N–H and O–H groups in total. The number of benzene rings is 2. The van der Waals surface area contributed by atoms with Crippen LogP contribution < -0.4 is 10.6 Å². The van der Waals surface area contributed by atoms with E-state index >= 15 is 0 Å². The molecular formula is C19H17N5O2. The van der Waals surface area contributed by atoms with Crippen LogP contribution in [0.5, 0.6) is 0 Å². The fraction of sp³-hybridized carbons (Fsp3) is 0.158. The Morgan fingerprint density at radius 1 is 1.15 bits per heavy atom. The number of rotatable bonds is 3. The maximum Gasteiger partial charge on any atom is 0.258 e. The van der Waals surface area contributed by atoms with Gasteiger partial charge in [0.2, 0.25) is 11.9 Å². The van der Waals surface area contributed by atoms with Crippen LogP contribution >= 0.6 is 0 Å². The fourth-order valence-corrected chi connectivity index (χ4v) is 2.93. The van der Waals surface area contributed by atoms with Crippen LogP contribution in [0.3, 0.4) is 0 Å². The molecule has 0 fully saturated rings. The summed E-state index contributed by atoms with van der Waals surface area (Å²) in [6.07, 6.45) is 0.270. The van der Waals surface area contributed by atoms with Crippen molar-refractivity contribution in [3.05, 3.63) is 71.3 Å². The zero-order valence-corrected chi connectivity index (χ0v) is 14.1. The lowest BCUT2D eigenvalue weighted by Crippen LogP contribution is -2.29. The van der Waals surface area contributed by atoms with Crippen molar-refractivity contribution < 1.29 is 9.59 Å². The van der Waals surface area contributed by atoms with E-state index in [1.165, 1.54) is 0 Å². The molecule has 2 aromatic carbocycles. The molecule has 1 aliphatic rings. The first-order valence-corrected chi connectivity index (χ1v) is 8.29. The average Bonchev–Trinajstić information content (AvgIpc) is 3.04. The van der Waals surface area contributed by atoms with Gasteiger partial charge in [-0.1, -0.05) is 48.0 Å². The smallest absolute Gasteiger partial charge is 0.258 e. The van der Waals surface area contributed by atoms with Gasteiger partial charge in [-0.2, -0.15) is 4.98 Å². The first-order chi connectivity index (χ1) is 12.6. The highest BCUT2D eigenvalue weighted by Gasteiger charge is 2.29. The number of nitrogens with one attached hydrogen (secondary N) is 2. The molecule has 0 saturated carbocycles. The predicted molar refractivity (Wildman–Crippen MR) is 97.0 cm³/mol. The van der Waals surface area contributed by atoms with Gasteiger partial charge in [0.25, 0.3) is 11.9 Å². The van der Waals surface area contributed by atoms with E-state index in [0.717, 1.165) is 11.1 Å². The summed E-state index contributed by atoms with van der Waals surface area (Å²) in [6.45, 7) is 1.96. The summed E-state index contributed by atoms with van der Waals surface area (Å²) in [4.78, 5) is 28.6. The number of hydrogen-bond acceptors (Lipinski definition) is 4. The molecule has 2 heterocycles. The van der Waals surface area contributed by atoms with Crippen LogP contribution in [-0.2, 0) is 4.79 Å². The van der Waals surface area contributed by atoms with Crippen molar-refractivity contribution in [2.45, 2.75) is 19.4 Å². The van der Waals surface area contributed by atoms with Crippen LogP contribution in [-0.4, -0.2) is 26.6 Å². The summed E-state index contributed by atoms with van der Waals surface area (Å²) < 4.78 is 1.64. The van der Waals surface area contributed by atoms with Gasteiger partial charge in [0.1, 0.15) is 0 Å². The molecule has 3 aromatic rings. The van der Waals surface area contributed by atoms with Crippen LogP contribution in [0.1, 0.15) is 33.9 Å². The topological polar surface area (TPSA) is 88.9 Å². The molecule has 0 bridgehead atoms. The van der Waals surface area contributed by atoms with E-state index in [1.807, 2.05) is 49.4 Å². The normalized spacial score (nSPS) is 15.9. The standard InChI is InChI=1S/C19H17N5O2/c1-12-7-9-14(10-8-12)17(26)21-18-22-19-20-16(25)11-15(24(19)23-18)13-5-3-2-4-6-13/h2-10,15H,11H2,1H3,(H2,20,21,22,23,25,26)/t15-/m0/s1. The fourth-order valence-electron chi connectivity index (χ4n) is 2.93. The van der Waals surface area contributed by atoms with Crippen molar-refractivity contribution in [1.82, 2.24) is 14.8 Å². The molecule has 0 aliphatic carbocycles. The summed E-state index contributed by atoms with van der Waals surface area (Å²) in [5, 5.41) is 9.77. The van der Waals surface area contributed by atoms with E-state index < -0.39 is 0 Å². The Labute approximate surface area is 150 Å². The largest absolute Gasteiger partial charge is 0.295 e. The van der Waals surface area contributed by atoms with Crippen LogP contribution in [0.25, 0.3) is 0 Å². The van der Waals surface area contributed by atoms with Crippen molar-refractivity contribution in [3.63, 3.8) is 0 Å². The molecular weight excluding hydrogens is 330 g/mol. The van der Waals surface area contributed by atoms with Gasteiger partial charge in [0.15, 0.2) is 0 Å². The van der Waals surface area contributed by atoms with Crippen molar-refractivity contribution in [1.29, 1.82) is 0 Å². The average molecular weight is 347 g/mol. The first kappa shape index (κ1) is 16.0. The van der Waals surface area contributed by atoms with Gasteiger partial charge < -0.3 is 0 Å². The minimum absolute atomic E-state index is 0.129. The van der Waals surface area contributed by atoms with Gasteiger partial charge in [0.05, 0.1) is 12.5 Å². The monoisotopic (exact) mass is 347 g/mol. The Kier molecular flexibility index (Phi) is 3.96. The quantitative estimate of drug-likeness (QED) is 0.762. The molecule has 26 heavy (non-hydrogen) atoms. The molecule has 130 valence electrons. The number of aryl methyl sites for hydroxylation is 1. The van der Waals surface area contributed by atoms with Gasteiger partial charge >= 0.3 is 0 Å². The molecule has 2 amide bonds. The zero-order chi connectivity index (χ0) is 18.1. The van der Waals surface area contributed by atoms with Crippen LogP contribution in [0.4, 0.5) is 11.9 Å². The third-order valence-corrected chi connectivity index (χ3v) is 4.28. The number of carbonyl (C=O) groups is 2. The van der Waals surface area contributed by atoms with Crippen molar-refractivity contribution >= 4 is 23.7 Å². The third-order valence-electron chi connectivity index (χ3n) is 4.28. The summed E-state index contributed by atoms with van der Waals surface area (Å²) in [5.74, 6) is 0.0636. The lowest BCUT2D eigenvalue weighted by molar-refractivity contribution is -0.117. The lowest BCUT2D eigenvalue weighted by atomic mass is 10.0. The van der Waals surface area contributed by atoms with Gasteiger partial charge in [-0.05, 0) is 24.6 Å². The second kappa shape index (κ2) is 6.44. The molecule has 0 unspecified atom stereocenters. The number of aromatic nitrogens is 3. The molecule has 0 spiro atoms. The van der Waals surface area contributed by atoms with Crippen molar-refractivity contribution in [2.24, 2.45) is 0 Å². The Morgan fingerprint density at radius 2 is 1.88 bits per heavy atom. The number of fused-ring (bicyclic) bond motifs is 1. The highest BCUT2D eigenvalue weighted by atomic mass is 16.2. The summed E-state index contributed by atoms with van der Waals surface area (Å²) in [7, 11) is 0. The van der Waals surface area contributed by atoms with E-state index in [-0.39, 0.29) is 30.2 Å². The van der Waals surface area contributed by atoms with Crippen molar-refractivity contribution in [3.8, 4) is 0 Å². The minimum Gasteiger partial charge on any atom is -0.295 e. The molecule has 7 heteroatoms. The molecule has 1 atom stereocenters. The van der Waals surface area contributed by atoms with E-state index in [1.54, 1.807) is 16.8 Å². The van der Waals surface area contributed by atoms with Crippen LogP contribution in [0.2, 0.25) is 0 Å². The molecule has 0 saturated heterocycles. The van der Waals surface area contributed by atoms with E-state index in [0.29, 0.717) is 11.5 Å². The number of nitrogens with zero attached hydrogens (tertiary/aromatic N) is 3. The van der Waals surface area contributed by atoms with Crippen LogP contribution in [0, 0.1) is 6.92 Å². The highest BCUT2D eigenvalue weighted by Crippen LogP contribution is 2.29. The van der Waals surface area contributed by atoms with Crippen LogP contribution in [0.15, 0.2) is 54.6 Å². The van der Waals surface area contributed by atoms with E-state index in [9.17, 15) is 9.59 Å². The second-order valence-corrected chi connectivity index (χ2v) is 6.20. The Balaban J connectivity index is 1.61. The predicted octanol–water partition coefficient (Wildman–Crippen LogP) is 2.77. The number of carbonyl (C=O) groups excluding carboxylic acids is 2. The lowest BCUT2D eigenvalue weighted by Gasteiger charge is -2.23. The summed E-state index contributed by atoms with van der Waals surface area (Å²) in [6, 6.07) is 16.6. The molecule has 4 rings (SSSR count). The van der Waals surface area contributed by atoms with E-state index in [4.69, 9.17) is 0 Å². The minimum atomic E-state index is -0.296. The maximum atomic E-state index is 12.4. The van der Waals surface area contributed by atoms with Gasteiger partial charge in [-0.25, -0.2) is 4.68 Å². The molecule has 0 radical (unpaired) electrons. The summed E-state index contributed by atoms with van der Waals surface area (Å²) in [5.41, 5.74) is 2.56. The first-order valence-electron chi connectivity index (χ1n) is 8.29. The molecule has 1 aliphatic heterocycles. The summed E-state index contributed by atoms with van der Waals surface area (Å²) >= 11 is 0.